The molecule has 2 N–H and O–H groups in total. The predicted octanol–water partition coefficient (Wildman–Crippen LogP) is 4.40. The molecule has 1 aromatic heterocycles. The van der Waals surface area contributed by atoms with Crippen LogP contribution in [0.25, 0.3) is 10.1 Å². The first-order valence-corrected chi connectivity index (χ1v) is 13.3. The largest absolute Gasteiger partial charge is 0.340 e. The van der Waals surface area contributed by atoms with E-state index in [1.165, 1.54) is 29.2 Å². The Kier molecular flexibility index (Phi) is 5.72. The van der Waals surface area contributed by atoms with E-state index >= 15 is 0 Å². The fraction of sp³-hybridized carbons (Fsp3) is 0.357. The predicted molar refractivity (Wildman–Crippen MR) is 138 cm³/mol. The van der Waals surface area contributed by atoms with E-state index in [9.17, 15) is 28.4 Å². The number of hydrogen-bond donors (Lipinski definition) is 2. The molecule has 1 spiro atoms. The molecule has 10 heteroatoms. The molecule has 2 fully saturated rings. The van der Waals surface area contributed by atoms with Crippen molar-refractivity contribution in [3.63, 3.8) is 0 Å². The Hall–Kier alpha value is -3.84. The van der Waals surface area contributed by atoms with E-state index in [2.05, 4.69) is 16.7 Å². The molecule has 7 nitrogen and oxygen atoms in total. The zero-order chi connectivity index (χ0) is 26.8. The number of rotatable bonds is 5. The topological polar surface area (TPSA) is 102 Å². The molecule has 1 saturated heterocycles. The molecule has 3 aromatic rings. The quantitative estimate of drug-likeness (QED) is 0.507. The number of carbonyl (C=O) groups is 3. The molecule has 3 aliphatic rings. The van der Waals surface area contributed by atoms with E-state index in [1.54, 1.807) is 19.1 Å². The number of hydrogen-bond acceptors (Lipinski definition) is 5. The average molecular weight is 535 g/mol. The second-order valence-electron chi connectivity index (χ2n) is 10.4. The normalized spacial score (nSPS) is 22.8. The van der Waals surface area contributed by atoms with Gasteiger partial charge in [-0.05, 0) is 60.7 Å². The number of thiophene rings is 1. The molecule has 3 heterocycles. The van der Waals surface area contributed by atoms with Crippen molar-refractivity contribution in [3.8, 4) is 6.07 Å². The highest BCUT2D eigenvalue weighted by Crippen LogP contribution is 2.47. The Bertz CT molecular complexity index is 1560. The molecule has 0 bridgehead atoms. The van der Waals surface area contributed by atoms with Gasteiger partial charge in [-0.25, -0.2) is 8.78 Å². The second-order valence-corrected chi connectivity index (χ2v) is 11.5. The van der Waals surface area contributed by atoms with Crippen LogP contribution in [0.1, 0.15) is 46.5 Å². The number of amides is 3. The van der Waals surface area contributed by atoms with Gasteiger partial charge in [0.15, 0.2) is 0 Å². The van der Waals surface area contributed by atoms with Crippen molar-refractivity contribution < 1.29 is 23.2 Å². The summed E-state index contributed by atoms with van der Waals surface area (Å²) in [6.07, 6.45) is 2.32. The first-order chi connectivity index (χ1) is 18.2. The molecular weight excluding hydrogens is 510 g/mol. The summed E-state index contributed by atoms with van der Waals surface area (Å²) < 4.78 is 29.2. The van der Waals surface area contributed by atoms with Crippen molar-refractivity contribution in [2.24, 2.45) is 5.92 Å². The number of aryl methyl sites for hydroxylation is 1. The van der Waals surface area contributed by atoms with E-state index < -0.39 is 40.9 Å². The minimum absolute atomic E-state index is 0.0380. The molecular formula is C28H24F2N4O3S. The summed E-state index contributed by atoms with van der Waals surface area (Å²) in [6, 6.07) is 9.00. The Morgan fingerprint density at radius 1 is 1.29 bits per heavy atom. The van der Waals surface area contributed by atoms with Gasteiger partial charge in [-0.15, -0.1) is 11.3 Å². The maximum atomic E-state index is 14.4. The van der Waals surface area contributed by atoms with Gasteiger partial charge in [-0.1, -0.05) is 18.9 Å². The van der Waals surface area contributed by atoms with Gasteiger partial charge in [0.25, 0.3) is 5.91 Å². The van der Waals surface area contributed by atoms with Gasteiger partial charge in [0.05, 0.1) is 16.4 Å². The van der Waals surface area contributed by atoms with Crippen LogP contribution in [0.2, 0.25) is 0 Å². The second kappa shape index (κ2) is 8.88. The van der Waals surface area contributed by atoms with Crippen LogP contribution >= 0.6 is 11.3 Å². The number of likely N-dealkylation sites (tertiary alicyclic amines) is 1. The number of benzene rings is 2. The van der Waals surface area contributed by atoms with Gasteiger partial charge in [0, 0.05) is 28.7 Å². The molecule has 194 valence electrons. The first kappa shape index (κ1) is 24.5. The molecule has 38 heavy (non-hydrogen) atoms. The monoisotopic (exact) mass is 534 g/mol. The maximum Gasteiger partial charge on any atom is 0.262 e. The molecule has 3 amide bonds. The fourth-order valence-electron chi connectivity index (χ4n) is 5.80. The Labute approximate surface area is 221 Å². The summed E-state index contributed by atoms with van der Waals surface area (Å²) in [5, 5.41) is 15.9. The van der Waals surface area contributed by atoms with Crippen LogP contribution in [0.5, 0.6) is 0 Å². The Morgan fingerprint density at radius 2 is 2.08 bits per heavy atom. The lowest BCUT2D eigenvalue weighted by atomic mass is 9.79. The van der Waals surface area contributed by atoms with Gasteiger partial charge in [0.1, 0.15) is 23.7 Å². The number of nitriles is 1. The highest BCUT2D eigenvalue weighted by atomic mass is 32.1. The minimum Gasteiger partial charge on any atom is -0.340 e. The van der Waals surface area contributed by atoms with Gasteiger partial charge < -0.3 is 15.5 Å². The summed E-state index contributed by atoms with van der Waals surface area (Å²) in [7, 11) is 0. The zero-order valence-electron chi connectivity index (χ0n) is 20.5. The molecule has 1 aliphatic carbocycles. The van der Waals surface area contributed by atoms with Crippen LogP contribution in [0.4, 0.5) is 14.5 Å². The van der Waals surface area contributed by atoms with Gasteiger partial charge in [-0.3, -0.25) is 14.4 Å². The molecule has 2 unspecified atom stereocenters. The highest BCUT2D eigenvalue weighted by Gasteiger charge is 2.56. The zero-order valence-corrected chi connectivity index (χ0v) is 21.3. The number of nitrogens with one attached hydrogen (secondary N) is 2. The van der Waals surface area contributed by atoms with Crippen LogP contribution in [-0.2, 0) is 15.0 Å². The number of carbonyl (C=O) groups excluding carboxylic acids is 3. The lowest BCUT2D eigenvalue weighted by Gasteiger charge is -2.27. The first-order valence-electron chi connectivity index (χ1n) is 12.5. The standard InChI is InChI=1S/C28H24F2N4O3S/c1-14-23-19(30)3-2-4-22(23)38-24(14)25(35)32-21(9-15-5-6-15)26(36)34-13-28(11-17(34)12-31)18-10-16(29)7-8-20(18)33-27(28)37/h2-4,7-8,10,15,17,21H,5-6,9,11,13H2,1H3,(H,32,35)(H,33,37)/t17?,21?,28-/m0/s1. The van der Waals surface area contributed by atoms with E-state index in [-0.39, 0.29) is 24.8 Å². The van der Waals surface area contributed by atoms with Crippen LogP contribution < -0.4 is 10.6 Å². The lowest BCUT2D eigenvalue weighted by molar-refractivity contribution is -0.133. The van der Waals surface area contributed by atoms with Crippen molar-refractivity contribution in [2.45, 2.75) is 50.1 Å². The van der Waals surface area contributed by atoms with Crippen molar-refractivity contribution in [3.05, 3.63) is 64.0 Å². The summed E-state index contributed by atoms with van der Waals surface area (Å²) in [5.41, 5.74) is 0.178. The molecule has 6 rings (SSSR count). The highest BCUT2D eigenvalue weighted by molar-refractivity contribution is 7.21. The smallest absolute Gasteiger partial charge is 0.262 e. The summed E-state index contributed by atoms with van der Waals surface area (Å²) in [6.45, 7) is 1.59. The third kappa shape index (κ3) is 3.84. The van der Waals surface area contributed by atoms with Crippen molar-refractivity contribution in [1.29, 1.82) is 5.26 Å². The average Bonchev–Trinajstić information content (AvgIpc) is 3.43. The molecule has 3 atom stereocenters. The molecule has 2 aliphatic heterocycles. The van der Waals surface area contributed by atoms with Crippen LogP contribution in [0, 0.1) is 35.8 Å². The van der Waals surface area contributed by atoms with E-state index in [1.807, 2.05) is 0 Å². The molecule has 2 aromatic carbocycles. The summed E-state index contributed by atoms with van der Waals surface area (Å²) in [4.78, 5) is 42.0. The summed E-state index contributed by atoms with van der Waals surface area (Å²) in [5.74, 6) is -1.95. The van der Waals surface area contributed by atoms with Crippen LogP contribution in [-0.4, -0.2) is 41.2 Å². The Balaban J connectivity index is 1.30. The number of nitrogens with zero attached hydrogens (tertiary/aromatic N) is 2. The molecule has 0 radical (unpaired) electrons. The van der Waals surface area contributed by atoms with Gasteiger partial charge in [-0.2, -0.15) is 5.26 Å². The third-order valence-corrected chi connectivity index (χ3v) is 9.20. The van der Waals surface area contributed by atoms with Crippen LogP contribution in [0.15, 0.2) is 36.4 Å². The van der Waals surface area contributed by atoms with E-state index in [0.29, 0.717) is 38.2 Å². The number of anilines is 1. The van der Waals surface area contributed by atoms with E-state index in [0.717, 1.165) is 24.2 Å². The Morgan fingerprint density at radius 3 is 2.79 bits per heavy atom. The van der Waals surface area contributed by atoms with Gasteiger partial charge in [0.2, 0.25) is 11.8 Å². The van der Waals surface area contributed by atoms with Crippen molar-refractivity contribution >= 4 is 44.8 Å². The van der Waals surface area contributed by atoms with Crippen molar-refractivity contribution in [2.75, 3.05) is 11.9 Å². The fourth-order valence-corrected chi connectivity index (χ4v) is 6.93. The SMILES string of the molecule is Cc1c(C(=O)NC(CC2CC2)C(=O)N2C[C@]3(CC2C#N)C(=O)Nc2ccc(F)cc23)sc2cccc(F)c12. The molecule has 1 saturated carbocycles. The van der Waals surface area contributed by atoms with Crippen LogP contribution in [0.3, 0.4) is 0 Å². The third-order valence-electron chi connectivity index (χ3n) is 7.95. The van der Waals surface area contributed by atoms with Gasteiger partial charge >= 0.3 is 0 Å². The number of fused-ring (bicyclic) bond motifs is 3. The lowest BCUT2D eigenvalue weighted by Crippen LogP contribution is -2.51. The van der Waals surface area contributed by atoms with Crippen molar-refractivity contribution in [1.82, 2.24) is 10.2 Å². The maximum absolute atomic E-state index is 14.4. The summed E-state index contributed by atoms with van der Waals surface area (Å²) >= 11 is 1.16. The minimum atomic E-state index is -1.23. The van der Waals surface area contributed by atoms with E-state index in [4.69, 9.17) is 0 Å². The number of halogens is 2.